The van der Waals surface area contributed by atoms with E-state index < -0.39 is 0 Å². The summed E-state index contributed by atoms with van der Waals surface area (Å²) in [4.78, 5) is 14.1. The van der Waals surface area contributed by atoms with Gasteiger partial charge in [0.2, 0.25) is 5.91 Å². The minimum Gasteiger partial charge on any atom is -0.399 e. The summed E-state index contributed by atoms with van der Waals surface area (Å²) in [7, 11) is 0. The molecule has 0 saturated heterocycles. The summed E-state index contributed by atoms with van der Waals surface area (Å²) in [5.74, 6) is 0.853. The lowest BCUT2D eigenvalue weighted by Crippen LogP contribution is -2.32. The predicted octanol–water partition coefficient (Wildman–Crippen LogP) is 2.93. The lowest BCUT2D eigenvalue weighted by molar-refractivity contribution is -0.126. The van der Waals surface area contributed by atoms with E-state index in [4.69, 9.17) is 5.73 Å². The highest BCUT2D eigenvalue weighted by Gasteiger charge is 2.25. The van der Waals surface area contributed by atoms with Crippen molar-refractivity contribution >= 4 is 17.7 Å². The van der Waals surface area contributed by atoms with Crippen LogP contribution in [-0.4, -0.2) is 23.9 Å². The average Bonchev–Trinajstić information content (AvgIpc) is 3.21. The van der Waals surface area contributed by atoms with Crippen LogP contribution in [0.15, 0.2) is 30.3 Å². The Morgan fingerprint density at radius 3 is 2.63 bits per heavy atom. The number of hydrogen-bond acceptors (Lipinski definition) is 2. The van der Waals surface area contributed by atoms with Gasteiger partial charge in [-0.25, -0.2) is 0 Å². The topological polar surface area (TPSA) is 46.3 Å². The highest BCUT2D eigenvalue weighted by molar-refractivity contribution is 5.91. The number of nitrogen functional groups attached to an aromatic ring is 1. The van der Waals surface area contributed by atoms with Crippen LogP contribution in [0, 0.1) is 5.92 Å². The van der Waals surface area contributed by atoms with Gasteiger partial charge in [0.1, 0.15) is 0 Å². The smallest absolute Gasteiger partial charge is 0.246 e. The molecule has 1 aliphatic carbocycles. The Hall–Kier alpha value is -1.77. The van der Waals surface area contributed by atoms with Crippen LogP contribution < -0.4 is 5.73 Å². The van der Waals surface area contributed by atoms with Gasteiger partial charge in [-0.2, -0.15) is 0 Å². The minimum absolute atomic E-state index is 0.116. The van der Waals surface area contributed by atoms with Crippen molar-refractivity contribution in [3.8, 4) is 0 Å². The minimum atomic E-state index is 0.116. The summed E-state index contributed by atoms with van der Waals surface area (Å²) in [6.45, 7) is 3.87. The Labute approximate surface area is 115 Å². The first kappa shape index (κ1) is 13.7. The number of nitrogens with zero attached hydrogens (tertiary/aromatic N) is 1. The van der Waals surface area contributed by atoms with Gasteiger partial charge in [-0.1, -0.05) is 19.1 Å². The van der Waals surface area contributed by atoms with Crippen LogP contribution >= 0.6 is 0 Å². The molecule has 1 aliphatic rings. The summed E-state index contributed by atoms with van der Waals surface area (Å²) in [5.41, 5.74) is 7.38. The largest absolute Gasteiger partial charge is 0.399 e. The van der Waals surface area contributed by atoms with E-state index in [-0.39, 0.29) is 5.91 Å². The van der Waals surface area contributed by atoms with Crippen LogP contribution in [-0.2, 0) is 4.79 Å². The van der Waals surface area contributed by atoms with Crippen LogP contribution in [0.2, 0.25) is 0 Å². The van der Waals surface area contributed by atoms with E-state index in [2.05, 4.69) is 6.92 Å². The first-order valence-electron chi connectivity index (χ1n) is 7.01. The van der Waals surface area contributed by atoms with Gasteiger partial charge in [-0.3, -0.25) is 4.79 Å². The molecular weight excluding hydrogens is 236 g/mol. The number of nitrogens with two attached hydrogens (primary N) is 1. The van der Waals surface area contributed by atoms with Crippen LogP contribution in [0.25, 0.3) is 6.08 Å². The fourth-order valence-corrected chi connectivity index (χ4v) is 2.05. The summed E-state index contributed by atoms with van der Waals surface area (Å²) in [5, 5.41) is 0. The van der Waals surface area contributed by atoms with Crippen LogP contribution in [0.5, 0.6) is 0 Å². The molecule has 1 fully saturated rings. The number of anilines is 1. The second-order valence-corrected chi connectivity index (χ2v) is 5.23. The van der Waals surface area contributed by atoms with Gasteiger partial charge >= 0.3 is 0 Å². The molecule has 2 rings (SSSR count). The molecule has 3 heteroatoms. The molecule has 1 saturated carbocycles. The highest BCUT2D eigenvalue weighted by Crippen LogP contribution is 2.29. The molecule has 0 bridgehead atoms. The monoisotopic (exact) mass is 258 g/mol. The van der Waals surface area contributed by atoms with Crippen molar-refractivity contribution in [2.24, 2.45) is 5.92 Å². The summed E-state index contributed by atoms with van der Waals surface area (Å²) in [6, 6.07) is 7.53. The van der Waals surface area contributed by atoms with Crippen molar-refractivity contribution in [1.29, 1.82) is 0 Å². The molecule has 102 valence electrons. The molecule has 0 spiro atoms. The molecule has 0 heterocycles. The van der Waals surface area contributed by atoms with Crippen molar-refractivity contribution in [2.45, 2.75) is 26.2 Å². The van der Waals surface area contributed by atoms with Gasteiger partial charge in [-0.05, 0) is 49.0 Å². The Kier molecular flexibility index (Phi) is 4.61. The van der Waals surface area contributed by atoms with Crippen LogP contribution in [0.4, 0.5) is 5.69 Å². The van der Waals surface area contributed by atoms with E-state index in [1.807, 2.05) is 35.2 Å². The molecule has 0 aromatic heterocycles. The Bertz CT molecular complexity index is 446. The molecular formula is C16H22N2O. The molecule has 1 aromatic carbocycles. The predicted molar refractivity (Wildman–Crippen MR) is 79.5 cm³/mol. The molecule has 0 aliphatic heterocycles. The first-order valence-corrected chi connectivity index (χ1v) is 7.01. The molecule has 0 atom stereocenters. The van der Waals surface area contributed by atoms with Crippen molar-refractivity contribution < 1.29 is 4.79 Å². The maximum Gasteiger partial charge on any atom is 0.246 e. The molecule has 1 amide bonds. The van der Waals surface area contributed by atoms with Crippen molar-refractivity contribution in [1.82, 2.24) is 4.90 Å². The summed E-state index contributed by atoms with van der Waals surface area (Å²) < 4.78 is 0. The van der Waals surface area contributed by atoms with Crippen LogP contribution in [0.3, 0.4) is 0 Å². The van der Waals surface area contributed by atoms with E-state index in [9.17, 15) is 4.79 Å². The second-order valence-electron chi connectivity index (χ2n) is 5.23. The molecule has 0 unspecified atom stereocenters. The zero-order valence-electron chi connectivity index (χ0n) is 11.5. The third kappa shape index (κ3) is 4.43. The van der Waals surface area contributed by atoms with E-state index in [0.29, 0.717) is 0 Å². The highest BCUT2D eigenvalue weighted by atomic mass is 16.2. The van der Waals surface area contributed by atoms with Gasteiger partial charge in [0.25, 0.3) is 0 Å². The van der Waals surface area contributed by atoms with Crippen LogP contribution in [0.1, 0.15) is 31.7 Å². The third-order valence-electron chi connectivity index (χ3n) is 3.34. The maximum atomic E-state index is 12.2. The SMILES string of the molecule is CCCN(CC1CC1)C(=O)/C=C/c1ccc(N)cc1. The van der Waals surface area contributed by atoms with E-state index >= 15 is 0 Å². The molecule has 1 aromatic rings. The van der Waals surface area contributed by atoms with Gasteiger partial charge in [0.05, 0.1) is 0 Å². The number of carbonyl (C=O) groups excluding carboxylic acids is 1. The number of carbonyl (C=O) groups is 1. The van der Waals surface area contributed by atoms with Crippen molar-refractivity contribution in [3.05, 3.63) is 35.9 Å². The Morgan fingerprint density at radius 2 is 2.05 bits per heavy atom. The number of benzene rings is 1. The lowest BCUT2D eigenvalue weighted by Gasteiger charge is -2.20. The fraction of sp³-hybridized carbons (Fsp3) is 0.438. The van der Waals surface area contributed by atoms with E-state index in [1.165, 1.54) is 12.8 Å². The van der Waals surface area contributed by atoms with E-state index in [1.54, 1.807) is 6.08 Å². The zero-order valence-corrected chi connectivity index (χ0v) is 11.5. The Balaban J connectivity index is 1.94. The number of hydrogen-bond donors (Lipinski definition) is 1. The maximum absolute atomic E-state index is 12.2. The molecule has 3 nitrogen and oxygen atoms in total. The normalized spacial score (nSPS) is 14.8. The quantitative estimate of drug-likeness (QED) is 0.630. The standard InChI is InChI=1S/C16H22N2O/c1-2-11-18(12-14-3-4-14)16(19)10-7-13-5-8-15(17)9-6-13/h5-10,14H,2-4,11-12,17H2,1H3/b10-7+. The summed E-state index contributed by atoms with van der Waals surface area (Å²) >= 11 is 0. The average molecular weight is 258 g/mol. The van der Waals surface area contributed by atoms with Gasteiger partial charge in [0.15, 0.2) is 0 Å². The second kappa shape index (κ2) is 6.41. The molecule has 19 heavy (non-hydrogen) atoms. The van der Waals surface area contributed by atoms with Gasteiger partial charge in [-0.15, -0.1) is 0 Å². The Morgan fingerprint density at radius 1 is 1.37 bits per heavy atom. The number of amides is 1. The molecule has 2 N–H and O–H groups in total. The lowest BCUT2D eigenvalue weighted by atomic mass is 10.2. The van der Waals surface area contributed by atoms with Gasteiger partial charge in [0, 0.05) is 24.9 Å². The number of rotatable bonds is 6. The zero-order chi connectivity index (χ0) is 13.7. The van der Waals surface area contributed by atoms with Gasteiger partial charge < -0.3 is 10.6 Å². The summed E-state index contributed by atoms with van der Waals surface area (Å²) in [6.07, 6.45) is 7.08. The van der Waals surface area contributed by atoms with Crippen molar-refractivity contribution in [3.63, 3.8) is 0 Å². The van der Waals surface area contributed by atoms with E-state index in [0.717, 1.165) is 36.7 Å². The van der Waals surface area contributed by atoms with Crippen molar-refractivity contribution in [2.75, 3.05) is 18.8 Å². The third-order valence-corrected chi connectivity index (χ3v) is 3.34. The molecule has 0 radical (unpaired) electrons. The first-order chi connectivity index (χ1) is 9.19. The fourth-order valence-electron chi connectivity index (χ4n) is 2.05.